The van der Waals surface area contributed by atoms with Gasteiger partial charge in [0.1, 0.15) is 17.9 Å². The minimum absolute atomic E-state index is 0. The fraction of sp³-hybridized carbons (Fsp3) is 0.198. The SMILES string of the molecule is C.CC(=O)c1cc2cccc(Cl)c2n(C)c1=O.CC1=CC(=O)OC(C)(C)O1.CNc1c(Cl)cccc1C#N.CNc1c(Cl)cccc1C=O.Cc1cc(C)cc(CC(N)=S)c1.Cc1cc(C)cc(Nc2nc(-c3cc4cccc(Cl)c4n(C)c3=O)cs2)c1.Cn1c(=O)c(C(=O)CBr)cc2cccc(Cl)c21.N#Cc1cccc(Cl)c1N.[Br][Cu][Br]. The summed E-state index contributed by atoms with van der Waals surface area (Å²) in [7, 11) is 8.43. The summed E-state index contributed by atoms with van der Waals surface area (Å²) in [4.78, 5) is 86.0. The maximum absolute atomic E-state index is 12.8. The first kappa shape index (κ1) is 101. The second kappa shape index (κ2) is 48.8. The molecular formula is C86H84Br3Cl6CuN11O9S2. The molecule has 13 rings (SSSR count). The number of thiazole rings is 1. The number of benzene rings is 8. The fourth-order valence-corrected chi connectivity index (χ4v) is 14.3. The number of nitrogen functional groups attached to an aromatic ring is 1. The minimum atomic E-state index is -0.796. The number of aromatic nitrogens is 4. The van der Waals surface area contributed by atoms with Gasteiger partial charge in [-0.3, -0.25) is 28.8 Å². The van der Waals surface area contributed by atoms with Gasteiger partial charge in [0.05, 0.1) is 114 Å². The van der Waals surface area contributed by atoms with Gasteiger partial charge in [0.2, 0.25) is 5.79 Å². The number of anilines is 5. The second-order valence-corrected chi connectivity index (χ2v) is 34.9. The number of halogens is 9. The third kappa shape index (κ3) is 29.4. The van der Waals surface area contributed by atoms with Crippen molar-refractivity contribution in [1.29, 1.82) is 10.5 Å². The van der Waals surface area contributed by atoms with Crippen LogP contribution in [0.15, 0.2) is 195 Å². The molecule has 0 aliphatic carbocycles. The molecule has 1 aliphatic heterocycles. The van der Waals surface area contributed by atoms with Crippen LogP contribution in [0.3, 0.4) is 0 Å². The number of rotatable bonds is 11. The predicted octanol–water partition coefficient (Wildman–Crippen LogP) is 22.7. The van der Waals surface area contributed by atoms with Crippen LogP contribution in [0.2, 0.25) is 30.1 Å². The number of ether oxygens (including phenoxy) is 2. The number of pyridine rings is 3. The number of carbonyl (C=O) groups excluding carboxylic acids is 4. The zero-order chi connectivity index (χ0) is 87.3. The molecule has 1 aliphatic rings. The number of carbonyl (C=O) groups is 4. The Kier molecular flexibility index (Phi) is 41.8. The molecule has 12 aromatic rings. The first-order chi connectivity index (χ1) is 55.3. The van der Waals surface area contributed by atoms with E-state index in [-0.39, 0.29) is 58.1 Å². The molecule has 0 bridgehead atoms. The summed E-state index contributed by atoms with van der Waals surface area (Å²) < 4.78 is 14.4. The van der Waals surface area contributed by atoms with Crippen LogP contribution in [-0.4, -0.2) is 72.7 Å². The van der Waals surface area contributed by atoms with Crippen LogP contribution in [0.4, 0.5) is 27.9 Å². The van der Waals surface area contributed by atoms with Crippen molar-refractivity contribution >= 4 is 227 Å². The van der Waals surface area contributed by atoms with Gasteiger partial charge < -0.3 is 50.6 Å². The first-order valence-electron chi connectivity index (χ1n) is 34.6. The number of Topliss-reactive ketones (excluding diaryl/α,β-unsaturated/α-hetero) is 2. The Hall–Kier alpha value is -9.19. The molecule has 118 heavy (non-hydrogen) atoms. The van der Waals surface area contributed by atoms with E-state index in [0.29, 0.717) is 103 Å². The molecule has 0 amide bonds. The molecular weight excluding hydrogens is 1910 g/mol. The number of alkyl halides is 1. The van der Waals surface area contributed by atoms with Crippen molar-refractivity contribution in [3.8, 4) is 23.4 Å². The van der Waals surface area contributed by atoms with Gasteiger partial charge in [0, 0.05) is 88.3 Å². The molecule has 7 N–H and O–H groups in total. The number of nitrogens with two attached hydrogens (primary N) is 2. The average molecular weight is 2000 g/mol. The third-order valence-corrected chi connectivity index (χ3v) is 19.6. The standard InChI is InChI=1S/C21H18ClN3OS.C12H9BrClNO2.C12H10ClNO2.C10H13NS.C8H7ClN2.C8H8ClNO.C7H5ClN2.C7H10O3.CH4.2BrH.Cu/c1-12-7-13(2)9-15(8-12)23-21-24-18(11-27-21)16-10-14-5-4-6-17(22)19(14)25(3)20(16)26;1-15-11-7(3-2-4-9(11)14)5-8(12(15)17)10(16)6-13;1-7(15)9-6-8-4-3-5-10(13)11(8)14(2)12(9)16;1-7-3-8(2)5-9(4-7)6-10(11)12;1-11-8-6(5-10)3-2-4-7(8)9;1-10-8-6(5-11)3-2-4-7(8)9;8-6-3-1-2-5(4-9)7(6)10;1-5-4-6(8)10-7(2,3)9-5;;;;/h4-11H,1-3H3,(H,23,24);2-5H,6H2,1H3;3-6H,1-2H3;3-5H,6H2,1-2H3,(H2,11,12);2-4,11H,1H3;2-5,10H,1H3;1-3H,10H2;4H,1-3H3;1H4;2*1H;/q;;;;;;;;;;;+2/p-2. The number of fused-ring (bicyclic) bond motifs is 3. The molecule has 0 atom stereocenters. The Morgan fingerprint density at radius 3 is 1.47 bits per heavy atom. The molecule has 0 radical (unpaired) electrons. The van der Waals surface area contributed by atoms with Crippen LogP contribution in [-0.2, 0) is 53.2 Å². The molecule has 0 saturated heterocycles. The number of hydrogen-bond acceptors (Lipinski definition) is 18. The zero-order valence-corrected chi connectivity index (χ0v) is 77.1. The number of aldehydes is 1. The van der Waals surface area contributed by atoms with Gasteiger partial charge in [-0.1, -0.05) is 195 Å². The van der Waals surface area contributed by atoms with Crippen LogP contribution in [0, 0.1) is 50.4 Å². The summed E-state index contributed by atoms with van der Waals surface area (Å²) in [5, 5.41) is 34.5. The van der Waals surface area contributed by atoms with Crippen LogP contribution >= 0.6 is 137 Å². The summed E-state index contributed by atoms with van der Waals surface area (Å²) in [6.45, 7) is 14.8. The van der Waals surface area contributed by atoms with E-state index in [2.05, 4.69) is 129 Å². The van der Waals surface area contributed by atoms with E-state index in [4.69, 9.17) is 113 Å². The molecule has 8 aromatic carbocycles. The van der Waals surface area contributed by atoms with Crippen molar-refractivity contribution in [2.75, 3.05) is 41.1 Å². The quantitative estimate of drug-likeness (QED) is 0.0153. The number of allylic oxidation sites excluding steroid dienone is 1. The van der Waals surface area contributed by atoms with E-state index in [1.165, 1.54) is 72.6 Å². The number of para-hydroxylation sites is 6. The molecule has 0 unspecified atom stereocenters. The van der Waals surface area contributed by atoms with Crippen molar-refractivity contribution in [2.45, 2.75) is 75.0 Å². The predicted molar refractivity (Wildman–Crippen MR) is 500 cm³/mol. The van der Waals surface area contributed by atoms with E-state index < -0.39 is 5.79 Å². The summed E-state index contributed by atoms with van der Waals surface area (Å²) in [6, 6.07) is 53.3. The summed E-state index contributed by atoms with van der Waals surface area (Å²) in [5.74, 6) is -0.999. The Balaban J connectivity index is 0.000000289. The molecule has 32 heteroatoms. The van der Waals surface area contributed by atoms with Gasteiger partial charge in [0.15, 0.2) is 23.0 Å². The molecule has 0 fully saturated rings. The van der Waals surface area contributed by atoms with Gasteiger partial charge in [-0.25, -0.2) is 9.78 Å². The summed E-state index contributed by atoms with van der Waals surface area (Å²) in [5.41, 5.74) is 24.2. The van der Waals surface area contributed by atoms with E-state index in [1.807, 2.05) is 47.9 Å². The topological polar surface area (TPSA) is 301 Å². The number of ketones is 2. The fourth-order valence-electron chi connectivity index (χ4n) is 11.5. The number of cyclic esters (lactones) is 1. The normalized spacial score (nSPS) is 11.1. The van der Waals surface area contributed by atoms with Crippen LogP contribution in [0.25, 0.3) is 44.0 Å². The molecule has 0 spiro atoms. The van der Waals surface area contributed by atoms with Crippen molar-refractivity contribution in [3.05, 3.63) is 298 Å². The Morgan fingerprint density at radius 2 is 1.04 bits per heavy atom. The van der Waals surface area contributed by atoms with E-state index in [0.717, 1.165) is 38.8 Å². The first-order valence-corrected chi connectivity index (χ1v) is 43.9. The number of aryl methyl sites for hydroxylation is 7. The maximum atomic E-state index is 12.8. The van der Waals surface area contributed by atoms with Crippen molar-refractivity contribution in [1.82, 2.24) is 18.7 Å². The van der Waals surface area contributed by atoms with Crippen molar-refractivity contribution in [2.24, 2.45) is 26.9 Å². The van der Waals surface area contributed by atoms with Crippen molar-refractivity contribution in [3.63, 3.8) is 0 Å². The van der Waals surface area contributed by atoms with Gasteiger partial charge in [-0.2, -0.15) is 10.5 Å². The van der Waals surface area contributed by atoms with Crippen LogP contribution < -0.4 is 44.1 Å². The van der Waals surface area contributed by atoms with Gasteiger partial charge >= 0.3 is 45.5 Å². The van der Waals surface area contributed by atoms with Crippen LogP contribution in [0.1, 0.15) is 105 Å². The number of nitrogens with one attached hydrogen (secondary N) is 3. The van der Waals surface area contributed by atoms with Gasteiger partial charge in [-0.05, 0) is 143 Å². The number of nitriles is 2. The van der Waals surface area contributed by atoms with Crippen LogP contribution in [0.5, 0.6) is 0 Å². The molecule has 0 saturated carbocycles. The molecule has 20 nitrogen and oxygen atoms in total. The zero-order valence-electron chi connectivity index (χ0n) is 65.3. The number of thiocarbonyl (C=S) groups is 1. The van der Waals surface area contributed by atoms with E-state index >= 15 is 0 Å². The van der Waals surface area contributed by atoms with E-state index in [9.17, 15) is 33.6 Å². The average Bonchev–Trinajstić information content (AvgIpc) is 1.15. The van der Waals surface area contributed by atoms with Gasteiger partial charge in [-0.15, -0.1) is 11.3 Å². The van der Waals surface area contributed by atoms with Gasteiger partial charge in [0.25, 0.3) is 16.7 Å². The Bertz CT molecular complexity index is 5930. The second-order valence-electron chi connectivity index (χ2n) is 25.7. The molecule has 5 heterocycles. The third-order valence-electron chi connectivity index (χ3n) is 16.3. The molecule has 623 valence electrons. The Labute approximate surface area is 753 Å². The monoisotopic (exact) mass is 1990 g/mol. The number of esters is 1. The summed E-state index contributed by atoms with van der Waals surface area (Å²) in [6.07, 6.45) is 2.81. The van der Waals surface area contributed by atoms with Crippen molar-refractivity contribution < 1.29 is 40.0 Å². The number of nitrogens with zero attached hydrogens (tertiary/aromatic N) is 6. The Morgan fingerprint density at radius 1 is 0.619 bits per heavy atom. The molecule has 4 aromatic heterocycles. The summed E-state index contributed by atoms with van der Waals surface area (Å²) >= 11 is 52.3. The number of hydrogen-bond donors (Lipinski definition) is 5. The van der Waals surface area contributed by atoms with E-state index in [1.54, 1.807) is 158 Å².